The van der Waals surface area contributed by atoms with Crippen molar-refractivity contribution < 1.29 is 0 Å². The molecule has 16 heavy (non-hydrogen) atoms. The predicted octanol–water partition coefficient (Wildman–Crippen LogP) is 3.16. The molecule has 1 unspecified atom stereocenters. The zero-order valence-corrected chi connectivity index (χ0v) is 10.3. The van der Waals surface area contributed by atoms with Gasteiger partial charge in [-0.25, -0.2) is 0 Å². The molecule has 2 fully saturated rings. The summed E-state index contributed by atoms with van der Waals surface area (Å²) < 4.78 is 0. The molecule has 1 aromatic rings. The highest BCUT2D eigenvalue weighted by Gasteiger charge is 2.43. The Morgan fingerprint density at radius 1 is 1.19 bits per heavy atom. The number of nitrogens with one attached hydrogen (secondary N) is 1. The van der Waals surface area contributed by atoms with Crippen molar-refractivity contribution in [3.63, 3.8) is 0 Å². The van der Waals surface area contributed by atoms with Gasteiger partial charge in [0.25, 0.3) is 0 Å². The smallest absolute Gasteiger partial charge is 0.00204 e. The van der Waals surface area contributed by atoms with Crippen LogP contribution in [0.4, 0.5) is 0 Å². The Hall–Kier alpha value is -0.820. The van der Waals surface area contributed by atoms with Crippen molar-refractivity contribution in [3.8, 4) is 0 Å². The molecular formula is C15H21N. The Morgan fingerprint density at radius 2 is 2.00 bits per heavy atom. The predicted molar refractivity (Wildman–Crippen MR) is 67.8 cm³/mol. The molecule has 2 aliphatic rings. The largest absolute Gasteiger partial charge is 0.316 e. The summed E-state index contributed by atoms with van der Waals surface area (Å²) in [6.45, 7) is 6.95. The molecule has 1 nitrogen and oxygen atoms in total. The molecule has 3 rings (SSSR count). The summed E-state index contributed by atoms with van der Waals surface area (Å²) in [5.74, 6) is 0.821. The highest BCUT2D eigenvalue weighted by Crippen LogP contribution is 2.48. The standard InChI is InChI=1S/C15H21N/c1-11-3-4-13(7-12(11)2)14-5-6-15(8-14)9-16-10-15/h3-4,7,14,16H,5-6,8-10H2,1-2H3. The maximum absolute atomic E-state index is 3.44. The van der Waals surface area contributed by atoms with Gasteiger partial charge in [0.05, 0.1) is 0 Å². The highest BCUT2D eigenvalue weighted by atomic mass is 15.0. The Balaban J connectivity index is 1.80. The number of aryl methyl sites for hydroxylation is 2. The van der Waals surface area contributed by atoms with Crippen LogP contribution in [-0.4, -0.2) is 13.1 Å². The third-order valence-electron chi connectivity index (χ3n) is 4.70. The number of rotatable bonds is 1. The Bertz CT molecular complexity index is 404. The van der Waals surface area contributed by atoms with E-state index in [4.69, 9.17) is 0 Å². The van der Waals surface area contributed by atoms with E-state index in [0.29, 0.717) is 5.41 Å². The third-order valence-corrected chi connectivity index (χ3v) is 4.70. The minimum Gasteiger partial charge on any atom is -0.316 e. The van der Waals surface area contributed by atoms with Crippen molar-refractivity contribution in [1.82, 2.24) is 5.32 Å². The fraction of sp³-hybridized carbons (Fsp3) is 0.600. The number of hydrogen-bond donors (Lipinski definition) is 1. The van der Waals surface area contributed by atoms with E-state index in [0.717, 1.165) is 5.92 Å². The van der Waals surface area contributed by atoms with Crippen LogP contribution in [0.5, 0.6) is 0 Å². The molecule has 1 N–H and O–H groups in total. The van der Waals surface area contributed by atoms with Gasteiger partial charge < -0.3 is 5.32 Å². The fourth-order valence-electron chi connectivity index (χ4n) is 3.31. The van der Waals surface area contributed by atoms with Gasteiger partial charge in [0.1, 0.15) is 0 Å². The first-order valence-electron chi connectivity index (χ1n) is 6.46. The Kier molecular flexibility index (Phi) is 2.32. The second kappa shape index (κ2) is 3.59. The minimum atomic E-state index is 0.670. The monoisotopic (exact) mass is 215 g/mol. The van der Waals surface area contributed by atoms with Crippen LogP contribution in [0.15, 0.2) is 18.2 Å². The van der Waals surface area contributed by atoms with Crippen LogP contribution in [0.1, 0.15) is 41.9 Å². The molecular weight excluding hydrogens is 194 g/mol. The first-order valence-corrected chi connectivity index (χ1v) is 6.46. The van der Waals surface area contributed by atoms with Crippen LogP contribution in [0.25, 0.3) is 0 Å². The summed E-state index contributed by atoms with van der Waals surface area (Å²) in [4.78, 5) is 0. The minimum absolute atomic E-state index is 0.670. The molecule has 1 heteroatoms. The number of hydrogen-bond acceptors (Lipinski definition) is 1. The zero-order chi connectivity index (χ0) is 11.2. The molecule has 1 saturated heterocycles. The van der Waals surface area contributed by atoms with Crippen molar-refractivity contribution in [2.45, 2.75) is 39.0 Å². The second-order valence-corrected chi connectivity index (χ2v) is 5.89. The molecule has 1 saturated carbocycles. The van der Waals surface area contributed by atoms with Crippen molar-refractivity contribution in [1.29, 1.82) is 0 Å². The molecule has 0 radical (unpaired) electrons. The molecule has 0 aromatic heterocycles. The molecule has 1 aromatic carbocycles. The fourth-order valence-corrected chi connectivity index (χ4v) is 3.31. The van der Waals surface area contributed by atoms with Crippen LogP contribution < -0.4 is 5.32 Å². The van der Waals surface area contributed by atoms with Crippen LogP contribution >= 0.6 is 0 Å². The topological polar surface area (TPSA) is 12.0 Å². The molecule has 86 valence electrons. The zero-order valence-electron chi connectivity index (χ0n) is 10.3. The van der Waals surface area contributed by atoms with Gasteiger partial charge >= 0.3 is 0 Å². The van der Waals surface area contributed by atoms with Crippen LogP contribution in [0, 0.1) is 19.3 Å². The van der Waals surface area contributed by atoms with E-state index in [-0.39, 0.29) is 0 Å². The second-order valence-electron chi connectivity index (χ2n) is 5.89. The Labute approximate surface area is 98.3 Å². The molecule has 0 bridgehead atoms. The van der Waals surface area contributed by atoms with E-state index >= 15 is 0 Å². The van der Waals surface area contributed by atoms with Crippen molar-refractivity contribution >= 4 is 0 Å². The molecule has 1 atom stereocenters. The van der Waals surface area contributed by atoms with Gasteiger partial charge in [-0.05, 0) is 61.1 Å². The maximum Gasteiger partial charge on any atom is 0.00204 e. The van der Waals surface area contributed by atoms with Gasteiger partial charge in [0, 0.05) is 13.1 Å². The van der Waals surface area contributed by atoms with Crippen LogP contribution in [0.2, 0.25) is 0 Å². The molecule has 1 aliphatic carbocycles. The van der Waals surface area contributed by atoms with E-state index in [1.165, 1.54) is 43.5 Å². The summed E-state index contributed by atoms with van der Waals surface area (Å²) in [6, 6.07) is 7.04. The molecule has 1 spiro atoms. The van der Waals surface area contributed by atoms with E-state index in [1.54, 1.807) is 5.56 Å². The lowest BCUT2D eigenvalue weighted by Gasteiger charge is -2.39. The first-order chi connectivity index (χ1) is 7.69. The average molecular weight is 215 g/mol. The lowest BCUT2D eigenvalue weighted by Crippen LogP contribution is -2.51. The summed E-state index contributed by atoms with van der Waals surface area (Å²) >= 11 is 0. The van der Waals surface area contributed by atoms with E-state index in [2.05, 4.69) is 37.4 Å². The highest BCUT2D eigenvalue weighted by molar-refractivity contribution is 5.33. The van der Waals surface area contributed by atoms with Gasteiger partial charge in [-0.1, -0.05) is 18.2 Å². The first kappa shape index (κ1) is 10.3. The lowest BCUT2D eigenvalue weighted by atomic mass is 9.79. The van der Waals surface area contributed by atoms with Gasteiger partial charge in [-0.3, -0.25) is 0 Å². The molecule has 1 aliphatic heterocycles. The quantitative estimate of drug-likeness (QED) is 0.759. The van der Waals surface area contributed by atoms with E-state index < -0.39 is 0 Å². The van der Waals surface area contributed by atoms with Gasteiger partial charge in [-0.2, -0.15) is 0 Å². The van der Waals surface area contributed by atoms with E-state index in [1.807, 2.05) is 0 Å². The third kappa shape index (κ3) is 1.58. The van der Waals surface area contributed by atoms with Crippen LogP contribution in [-0.2, 0) is 0 Å². The van der Waals surface area contributed by atoms with Crippen LogP contribution in [0.3, 0.4) is 0 Å². The maximum atomic E-state index is 3.44. The van der Waals surface area contributed by atoms with Crippen molar-refractivity contribution in [2.75, 3.05) is 13.1 Å². The normalized spacial score (nSPS) is 27.0. The molecule has 0 amide bonds. The molecule has 1 heterocycles. The summed E-state index contributed by atoms with van der Waals surface area (Å²) in [5.41, 5.74) is 5.11. The number of benzene rings is 1. The van der Waals surface area contributed by atoms with Gasteiger partial charge in [0.15, 0.2) is 0 Å². The van der Waals surface area contributed by atoms with Gasteiger partial charge in [0.2, 0.25) is 0 Å². The van der Waals surface area contributed by atoms with E-state index in [9.17, 15) is 0 Å². The summed E-state index contributed by atoms with van der Waals surface area (Å²) in [6.07, 6.45) is 4.23. The lowest BCUT2D eigenvalue weighted by molar-refractivity contribution is 0.175. The van der Waals surface area contributed by atoms with Crippen molar-refractivity contribution in [2.24, 2.45) is 5.41 Å². The van der Waals surface area contributed by atoms with Gasteiger partial charge in [-0.15, -0.1) is 0 Å². The average Bonchev–Trinajstić information content (AvgIpc) is 2.66. The van der Waals surface area contributed by atoms with Crippen molar-refractivity contribution in [3.05, 3.63) is 34.9 Å². The Morgan fingerprint density at radius 3 is 2.56 bits per heavy atom. The SMILES string of the molecule is Cc1ccc(C2CCC3(CNC3)C2)cc1C. The summed E-state index contributed by atoms with van der Waals surface area (Å²) in [5, 5.41) is 3.44. The summed E-state index contributed by atoms with van der Waals surface area (Å²) in [7, 11) is 0.